The van der Waals surface area contributed by atoms with E-state index in [0.29, 0.717) is 6.54 Å². The Kier molecular flexibility index (Phi) is 4.51. The summed E-state index contributed by atoms with van der Waals surface area (Å²) in [5.41, 5.74) is 7.17. The van der Waals surface area contributed by atoms with Crippen molar-refractivity contribution in [1.29, 1.82) is 0 Å². The molecule has 2 heterocycles. The van der Waals surface area contributed by atoms with Crippen LogP contribution in [0.5, 0.6) is 0 Å². The van der Waals surface area contributed by atoms with Crippen molar-refractivity contribution in [3.8, 4) is 0 Å². The van der Waals surface area contributed by atoms with Gasteiger partial charge in [0.1, 0.15) is 0 Å². The standard InChI is InChI=1S/C15H27N3S/c1-11-6-5-8-18(9-7-11)14-17-13(15(2,3)4)12(10-16)19-14/h11H,5-10,16H2,1-4H3. The Morgan fingerprint density at radius 1 is 1.32 bits per heavy atom. The Labute approximate surface area is 121 Å². The number of hydrogen-bond acceptors (Lipinski definition) is 4. The van der Waals surface area contributed by atoms with Crippen LogP contribution in [0.2, 0.25) is 0 Å². The van der Waals surface area contributed by atoms with E-state index in [1.54, 1.807) is 11.3 Å². The van der Waals surface area contributed by atoms with Crippen LogP contribution in [0.4, 0.5) is 5.13 Å². The average molecular weight is 281 g/mol. The van der Waals surface area contributed by atoms with Gasteiger partial charge in [-0.05, 0) is 25.2 Å². The molecule has 1 aromatic heterocycles. The monoisotopic (exact) mass is 281 g/mol. The van der Waals surface area contributed by atoms with E-state index in [1.165, 1.54) is 35.0 Å². The molecule has 2 rings (SSSR count). The molecule has 0 aromatic carbocycles. The highest BCUT2D eigenvalue weighted by Gasteiger charge is 2.25. The summed E-state index contributed by atoms with van der Waals surface area (Å²) in [6, 6.07) is 0. The van der Waals surface area contributed by atoms with Gasteiger partial charge < -0.3 is 10.6 Å². The van der Waals surface area contributed by atoms with Gasteiger partial charge in [-0.2, -0.15) is 0 Å². The summed E-state index contributed by atoms with van der Waals surface area (Å²) in [7, 11) is 0. The van der Waals surface area contributed by atoms with Crippen LogP contribution in [-0.4, -0.2) is 18.1 Å². The summed E-state index contributed by atoms with van der Waals surface area (Å²) >= 11 is 1.79. The van der Waals surface area contributed by atoms with Crippen LogP contribution in [0.15, 0.2) is 0 Å². The number of anilines is 1. The first-order valence-corrected chi connectivity index (χ1v) is 8.18. The topological polar surface area (TPSA) is 42.2 Å². The third-order valence-corrected chi connectivity index (χ3v) is 5.01. The van der Waals surface area contributed by atoms with E-state index < -0.39 is 0 Å². The molecule has 0 saturated carbocycles. The average Bonchev–Trinajstić information content (AvgIpc) is 2.66. The Balaban J connectivity index is 2.23. The number of thiazole rings is 1. The van der Waals surface area contributed by atoms with Crippen molar-refractivity contribution in [2.45, 2.75) is 58.9 Å². The van der Waals surface area contributed by atoms with Crippen LogP contribution in [0.25, 0.3) is 0 Å². The van der Waals surface area contributed by atoms with Gasteiger partial charge in [0.15, 0.2) is 5.13 Å². The lowest BCUT2D eigenvalue weighted by molar-refractivity contribution is 0.521. The van der Waals surface area contributed by atoms with E-state index in [9.17, 15) is 0 Å². The van der Waals surface area contributed by atoms with Crippen LogP contribution in [0.1, 0.15) is 57.5 Å². The number of hydrogen-bond donors (Lipinski definition) is 1. The zero-order chi connectivity index (χ0) is 14.0. The molecule has 1 unspecified atom stereocenters. The van der Waals surface area contributed by atoms with E-state index in [2.05, 4.69) is 32.6 Å². The van der Waals surface area contributed by atoms with Crippen LogP contribution < -0.4 is 10.6 Å². The van der Waals surface area contributed by atoms with Gasteiger partial charge in [0.2, 0.25) is 0 Å². The fraction of sp³-hybridized carbons (Fsp3) is 0.800. The molecular formula is C15H27N3S. The maximum Gasteiger partial charge on any atom is 0.185 e. The second-order valence-electron chi connectivity index (χ2n) is 6.75. The molecule has 0 aliphatic carbocycles. The molecule has 1 atom stereocenters. The normalized spacial score (nSPS) is 21.5. The van der Waals surface area contributed by atoms with Crippen molar-refractivity contribution >= 4 is 16.5 Å². The molecule has 19 heavy (non-hydrogen) atoms. The maximum absolute atomic E-state index is 5.90. The van der Waals surface area contributed by atoms with E-state index >= 15 is 0 Å². The Hall–Kier alpha value is -0.610. The minimum atomic E-state index is 0.0859. The van der Waals surface area contributed by atoms with Crippen molar-refractivity contribution in [2.24, 2.45) is 11.7 Å². The van der Waals surface area contributed by atoms with Crippen LogP contribution in [-0.2, 0) is 12.0 Å². The third kappa shape index (κ3) is 3.48. The lowest BCUT2D eigenvalue weighted by Gasteiger charge is -2.20. The lowest BCUT2D eigenvalue weighted by atomic mass is 9.91. The summed E-state index contributed by atoms with van der Waals surface area (Å²) in [5.74, 6) is 0.848. The van der Waals surface area contributed by atoms with Gasteiger partial charge in [-0.3, -0.25) is 0 Å². The van der Waals surface area contributed by atoms with Gasteiger partial charge in [-0.1, -0.05) is 27.7 Å². The van der Waals surface area contributed by atoms with E-state index in [-0.39, 0.29) is 5.41 Å². The zero-order valence-corrected chi connectivity index (χ0v) is 13.5. The summed E-state index contributed by atoms with van der Waals surface area (Å²) in [6.45, 7) is 11.9. The molecule has 0 spiro atoms. The minimum absolute atomic E-state index is 0.0859. The molecule has 0 radical (unpaired) electrons. The molecule has 1 aromatic rings. The summed E-state index contributed by atoms with van der Waals surface area (Å²) in [4.78, 5) is 8.62. The highest BCUT2D eigenvalue weighted by atomic mass is 32.1. The predicted molar refractivity (Wildman–Crippen MR) is 83.9 cm³/mol. The zero-order valence-electron chi connectivity index (χ0n) is 12.7. The third-order valence-electron chi connectivity index (χ3n) is 3.87. The highest BCUT2D eigenvalue weighted by molar-refractivity contribution is 7.15. The van der Waals surface area contributed by atoms with Crippen LogP contribution in [0.3, 0.4) is 0 Å². The van der Waals surface area contributed by atoms with Gasteiger partial charge in [-0.15, -0.1) is 11.3 Å². The van der Waals surface area contributed by atoms with Crippen molar-refractivity contribution in [3.63, 3.8) is 0 Å². The number of aromatic nitrogens is 1. The number of nitrogens with zero attached hydrogens (tertiary/aromatic N) is 2. The smallest absolute Gasteiger partial charge is 0.185 e. The van der Waals surface area contributed by atoms with Crippen molar-refractivity contribution in [1.82, 2.24) is 4.98 Å². The molecule has 108 valence electrons. The van der Waals surface area contributed by atoms with Gasteiger partial charge >= 0.3 is 0 Å². The Morgan fingerprint density at radius 2 is 2.05 bits per heavy atom. The minimum Gasteiger partial charge on any atom is -0.348 e. The van der Waals surface area contributed by atoms with Gasteiger partial charge in [0.25, 0.3) is 0 Å². The molecule has 3 nitrogen and oxygen atoms in total. The molecule has 1 aliphatic heterocycles. The molecule has 1 saturated heterocycles. The van der Waals surface area contributed by atoms with E-state index in [0.717, 1.165) is 19.0 Å². The largest absolute Gasteiger partial charge is 0.348 e. The molecular weight excluding hydrogens is 254 g/mol. The first-order chi connectivity index (χ1) is 8.91. The number of rotatable bonds is 2. The molecule has 2 N–H and O–H groups in total. The van der Waals surface area contributed by atoms with Crippen molar-refractivity contribution in [2.75, 3.05) is 18.0 Å². The Bertz CT molecular complexity index is 420. The summed E-state index contributed by atoms with van der Waals surface area (Å²) < 4.78 is 0. The SMILES string of the molecule is CC1CCCN(c2nc(C(C)(C)C)c(CN)s2)CC1. The molecule has 1 aliphatic rings. The molecule has 0 bridgehead atoms. The fourth-order valence-electron chi connectivity index (χ4n) is 2.65. The first kappa shape index (κ1) is 14.8. The first-order valence-electron chi connectivity index (χ1n) is 7.37. The van der Waals surface area contributed by atoms with Gasteiger partial charge in [0, 0.05) is 29.9 Å². The second-order valence-corrected chi connectivity index (χ2v) is 7.81. The predicted octanol–water partition coefficient (Wildman–Crippen LogP) is 3.53. The van der Waals surface area contributed by atoms with Crippen LogP contribution >= 0.6 is 11.3 Å². The quantitative estimate of drug-likeness (QED) is 0.902. The fourth-order valence-corrected chi connectivity index (χ4v) is 3.85. The van der Waals surface area contributed by atoms with Crippen LogP contribution in [0, 0.1) is 5.92 Å². The molecule has 0 amide bonds. The van der Waals surface area contributed by atoms with Crippen molar-refractivity contribution in [3.05, 3.63) is 10.6 Å². The second kappa shape index (κ2) is 5.80. The maximum atomic E-state index is 5.90. The highest BCUT2D eigenvalue weighted by Crippen LogP contribution is 2.34. The Morgan fingerprint density at radius 3 is 2.63 bits per heavy atom. The summed E-state index contributed by atoms with van der Waals surface area (Å²) in [5, 5.41) is 1.18. The van der Waals surface area contributed by atoms with E-state index in [4.69, 9.17) is 10.7 Å². The van der Waals surface area contributed by atoms with Gasteiger partial charge in [0.05, 0.1) is 5.69 Å². The molecule has 4 heteroatoms. The van der Waals surface area contributed by atoms with Crippen molar-refractivity contribution < 1.29 is 0 Å². The van der Waals surface area contributed by atoms with Gasteiger partial charge in [-0.25, -0.2) is 4.98 Å². The van der Waals surface area contributed by atoms with E-state index in [1.807, 2.05) is 0 Å². The number of nitrogens with two attached hydrogens (primary N) is 1. The summed E-state index contributed by atoms with van der Waals surface area (Å²) in [6.07, 6.45) is 3.91. The lowest BCUT2D eigenvalue weighted by Crippen LogP contribution is -2.24. The molecule has 1 fully saturated rings.